The molecule has 0 bridgehead atoms. The third-order valence-corrected chi connectivity index (χ3v) is 4.49. The van der Waals surface area contributed by atoms with E-state index in [4.69, 9.17) is 4.52 Å². The van der Waals surface area contributed by atoms with Gasteiger partial charge in [-0.15, -0.1) is 11.3 Å². The highest BCUT2D eigenvalue weighted by atomic mass is 127. The zero-order valence-corrected chi connectivity index (χ0v) is 13.3. The highest BCUT2D eigenvalue weighted by molar-refractivity contribution is 14.1. The van der Waals surface area contributed by atoms with Crippen LogP contribution < -0.4 is 5.32 Å². The Morgan fingerprint density at radius 2 is 2.28 bits per heavy atom. The maximum Gasteiger partial charge on any atom is 0.252 e. The number of rotatable bonds is 3. The van der Waals surface area contributed by atoms with Gasteiger partial charge in [-0.05, 0) is 49.4 Å². The van der Waals surface area contributed by atoms with E-state index in [9.17, 15) is 4.79 Å². The SMILES string of the molecule is Cc1noc(C)c1C(C)NC(=O)c1csc(I)c1. The van der Waals surface area contributed by atoms with Gasteiger partial charge in [0, 0.05) is 10.9 Å². The van der Waals surface area contributed by atoms with Gasteiger partial charge in [0.25, 0.3) is 5.91 Å². The molecule has 18 heavy (non-hydrogen) atoms. The molecule has 0 saturated heterocycles. The number of nitrogens with one attached hydrogen (secondary N) is 1. The summed E-state index contributed by atoms with van der Waals surface area (Å²) in [6, 6.07) is 1.77. The summed E-state index contributed by atoms with van der Waals surface area (Å²) in [5, 5.41) is 8.71. The lowest BCUT2D eigenvalue weighted by Crippen LogP contribution is -2.26. The second kappa shape index (κ2) is 5.40. The molecule has 1 unspecified atom stereocenters. The first-order valence-corrected chi connectivity index (χ1v) is 7.42. The molecule has 0 aliphatic heterocycles. The van der Waals surface area contributed by atoms with Gasteiger partial charge < -0.3 is 9.84 Å². The minimum atomic E-state index is -0.110. The van der Waals surface area contributed by atoms with Gasteiger partial charge in [0.2, 0.25) is 0 Å². The van der Waals surface area contributed by atoms with Gasteiger partial charge in [-0.1, -0.05) is 5.16 Å². The molecule has 1 N–H and O–H groups in total. The summed E-state index contributed by atoms with van der Waals surface area (Å²) in [5.41, 5.74) is 2.47. The summed E-state index contributed by atoms with van der Waals surface area (Å²) in [7, 11) is 0. The van der Waals surface area contributed by atoms with Crippen LogP contribution in [0.15, 0.2) is 16.0 Å². The minimum Gasteiger partial charge on any atom is -0.361 e. The average molecular weight is 376 g/mol. The Bertz CT molecular complexity index is 557. The third-order valence-electron chi connectivity index (χ3n) is 2.70. The van der Waals surface area contributed by atoms with Crippen molar-refractivity contribution in [1.82, 2.24) is 10.5 Å². The number of hydrogen-bond acceptors (Lipinski definition) is 4. The lowest BCUT2D eigenvalue weighted by atomic mass is 10.1. The number of aryl methyl sites for hydroxylation is 2. The Morgan fingerprint density at radius 3 is 2.78 bits per heavy atom. The van der Waals surface area contributed by atoms with Crippen molar-refractivity contribution < 1.29 is 9.32 Å². The van der Waals surface area contributed by atoms with Crippen molar-refractivity contribution in [2.24, 2.45) is 0 Å². The molecular formula is C12H13IN2O2S. The molecule has 0 spiro atoms. The van der Waals surface area contributed by atoms with E-state index < -0.39 is 0 Å². The normalized spacial score (nSPS) is 12.4. The number of carbonyl (C=O) groups is 1. The summed E-state index contributed by atoms with van der Waals surface area (Å²) < 4.78 is 6.21. The quantitative estimate of drug-likeness (QED) is 0.835. The van der Waals surface area contributed by atoms with E-state index in [1.54, 1.807) is 11.3 Å². The van der Waals surface area contributed by atoms with Gasteiger partial charge in [0.15, 0.2) is 0 Å². The molecule has 4 nitrogen and oxygen atoms in total. The van der Waals surface area contributed by atoms with Crippen LogP contribution in [0.3, 0.4) is 0 Å². The molecule has 0 saturated carbocycles. The Labute approximate surface area is 123 Å². The van der Waals surface area contributed by atoms with Gasteiger partial charge in [-0.2, -0.15) is 0 Å². The van der Waals surface area contributed by atoms with Crippen LogP contribution in [-0.2, 0) is 0 Å². The highest BCUT2D eigenvalue weighted by Gasteiger charge is 2.19. The molecule has 1 atom stereocenters. The molecule has 2 rings (SSSR count). The molecule has 1 amide bonds. The predicted molar refractivity (Wildman–Crippen MR) is 78.9 cm³/mol. The minimum absolute atomic E-state index is 0.0679. The molecule has 0 aromatic carbocycles. The van der Waals surface area contributed by atoms with Crippen molar-refractivity contribution in [3.63, 3.8) is 0 Å². The third kappa shape index (κ3) is 2.74. The van der Waals surface area contributed by atoms with Crippen LogP contribution in [-0.4, -0.2) is 11.1 Å². The summed E-state index contributed by atoms with van der Waals surface area (Å²) >= 11 is 3.76. The van der Waals surface area contributed by atoms with Gasteiger partial charge in [-0.3, -0.25) is 4.79 Å². The van der Waals surface area contributed by atoms with Crippen molar-refractivity contribution >= 4 is 39.8 Å². The maximum absolute atomic E-state index is 12.0. The molecular weight excluding hydrogens is 363 g/mol. The topological polar surface area (TPSA) is 55.1 Å². The molecule has 0 aliphatic rings. The van der Waals surface area contributed by atoms with Crippen molar-refractivity contribution in [1.29, 1.82) is 0 Å². The van der Waals surface area contributed by atoms with Crippen LogP contribution in [0.1, 0.15) is 40.3 Å². The standard InChI is InChI=1S/C12H13IN2O2S/c1-6(11-7(2)15-17-8(11)3)14-12(16)9-4-10(13)18-5-9/h4-6H,1-3H3,(H,14,16). The Morgan fingerprint density at radius 1 is 1.56 bits per heavy atom. The number of nitrogens with zero attached hydrogens (tertiary/aromatic N) is 1. The van der Waals surface area contributed by atoms with Crippen LogP contribution in [0, 0.1) is 16.7 Å². The first-order valence-electron chi connectivity index (χ1n) is 5.46. The molecule has 0 fully saturated rings. The molecule has 6 heteroatoms. The fraction of sp³-hybridized carbons (Fsp3) is 0.333. The van der Waals surface area contributed by atoms with Gasteiger partial charge in [0.1, 0.15) is 5.76 Å². The first-order chi connectivity index (χ1) is 8.49. The van der Waals surface area contributed by atoms with Gasteiger partial charge >= 0.3 is 0 Å². The Hall–Kier alpha value is -0.890. The van der Waals surface area contributed by atoms with Crippen molar-refractivity contribution in [3.8, 4) is 0 Å². The summed E-state index contributed by atoms with van der Waals surface area (Å²) in [4.78, 5) is 12.0. The van der Waals surface area contributed by atoms with E-state index in [0.717, 1.165) is 19.9 Å². The number of aromatic nitrogens is 1. The Balaban J connectivity index is 2.13. The van der Waals surface area contributed by atoms with Gasteiger partial charge in [-0.25, -0.2) is 0 Å². The number of hydrogen-bond donors (Lipinski definition) is 1. The monoisotopic (exact) mass is 376 g/mol. The lowest BCUT2D eigenvalue weighted by Gasteiger charge is -2.12. The van der Waals surface area contributed by atoms with Crippen molar-refractivity contribution in [3.05, 3.63) is 36.9 Å². The second-order valence-corrected chi connectivity index (χ2v) is 6.88. The maximum atomic E-state index is 12.0. The lowest BCUT2D eigenvalue weighted by molar-refractivity contribution is 0.0940. The van der Waals surface area contributed by atoms with Crippen LogP contribution in [0.25, 0.3) is 0 Å². The van der Waals surface area contributed by atoms with Crippen LogP contribution >= 0.6 is 33.9 Å². The van der Waals surface area contributed by atoms with E-state index >= 15 is 0 Å². The second-order valence-electron chi connectivity index (χ2n) is 4.07. The largest absolute Gasteiger partial charge is 0.361 e. The van der Waals surface area contributed by atoms with Crippen LogP contribution in [0.2, 0.25) is 0 Å². The molecule has 2 aromatic heterocycles. The first kappa shape index (κ1) is 13.5. The van der Waals surface area contributed by atoms with E-state index in [1.807, 2.05) is 32.2 Å². The van der Waals surface area contributed by atoms with E-state index in [-0.39, 0.29) is 11.9 Å². The highest BCUT2D eigenvalue weighted by Crippen LogP contribution is 2.22. The van der Waals surface area contributed by atoms with Crippen LogP contribution in [0.5, 0.6) is 0 Å². The van der Waals surface area contributed by atoms with E-state index in [1.165, 1.54) is 0 Å². The fourth-order valence-corrected chi connectivity index (χ4v) is 3.22. The summed E-state index contributed by atoms with van der Waals surface area (Å²) in [5.74, 6) is 0.682. The number of halogens is 1. The van der Waals surface area contributed by atoms with E-state index in [2.05, 4.69) is 33.1 Å². The molecule has 2 heterocycles. The smallest absolute Gasteiger partial charge is 0.252 e. The Kier molecular flexibility index (Phi) is 4.06. The number of thiophene rings is 1. The van der Waals surface area contributed by atoms with Crippen molar-refractivity contribution in [2.45, 2.75) is 26.8 Å². The van der Waals surface area contributed by atoms with Gasteiger partial charge in [0.05, 0.1) is 20.2 Å². The summed E-state index contributed by atoms with van der Waals surface area (Å²) in [6.45, 7) is 5.66. The van der Waals surface area contributed by atoms with Crippen LogP contribution in [0.4, 0.5) is 0 Å². The van der Waals surface area contributed by atoms with Crippen molar-refractivity contribution in [2.75, 3.05) is 0 Å². The molecule has 96 valence electrons. The fourth-order valence-electron chi connectivity index (χ4n) is 1.89. The molecule has 0 radical (unpaired) electrons. The molecule has 0 aliphatic carbocycles. The predicted octanol–water partition coefficient (Wildman–Crippen LogP) is 3.45. The zero-order valence-electron chi connectivity index (χ0n) is 10.3. The van der Waals surface area contributed by atoms with E-state index in [0.29, 0.717) is 5.56 Å². The zero-order chi connectivity index (χ0) is 13.3. The number of amides is 1. The molecule has 2 aromatic rings. The number of carbonyl (C=O) groups excluding carboxylic acids is 1. The average Bonchev–Trinajstić information content (AvgIpc) is 2.85. The summed E-state index contributed by atoms with van der Waals surface area (Å²) in [6.07, 6.45) is 0.